The molecule has 1 aliphatic heterocycles. The van der Waals surface area contributed by atoms with Gasteiger partial charge in [-0.15, -0.1) is 0 Å². The lowest BCUT2D eigenvalue weighted by molar-refractivity contribution is 0.247. The Morgan fingerprint density at radius 1 is 1.40 bits per heavy atom. The molecule has 15 heavy (non-hydrogen) atoms. The van der Waals surface area contributed by atoms with Crippen molar-refractivity contribution in [3.63, 3.8) is 0 Å². The highest BCUT2D eigenvalue weighted by Crippen LogP contribution is 2.19. The SMILES string of the molecule is CCCNCC1CCCCN1S(C)(=O)=O. The summed E-state index contributed by atoms with van der Waals surface area (Å²) >= 11 is 0. The lowest BCUT2D eigenvalue weighted by atomic mass is 10.1. The Morgan fingerprint density at radius 2 is 2.13 bits per heavy atom. The van der Waals surface area contributed by atoms with Gasteiger partial charge in [-0.25, -0.2) is 8.42 Å². The first-order valence-electron chi connectivity index (χ1n) is 5.73. The third-order valence-corrected chi connectivity index (χ3v) is 4.14. The normalized spacial score (nSPS) is 24.3. The maximum atomic E-state index is 11.5. The first-order valence-corrected chi connectivity index (χ1v) is 7.58. The van der Waals surface area contributed by atoms with Gasteiger partial charge in [-0.05, 0) is 25.8 Å². The molecule has 1 N–H and O–H groups in total. The van der Waals surface area contributed by atoms with Crippen molar-refractivity contribution in [1.29, 1.82) is 0 Å². The van der Waals surface area contributed by atoms with Crippen molar-refractivity contribution >= 4 is 10.0 Å². The van der Waals surface area contributed by atoms with E-state index in [9.17, 15) is 8.42 Å². The number of rotatable bonds is 5. The Balaban J connectivity index is 2.51. The van der Waals surface area contributed by atoms with Gasteiger partial charge in [0.2, 0.25) is 10.0 Å². The molecule has 0 amide bonds. The van der Waals surface area contributed by atoms with Gasteiger partial charge >= 0.3 is 0 Å². The van der Waals surface area contributed by atoms with Crippen LogP contribution in [0, 0.1) is 0 Å². The van der Waals surface area contributed by atoms with Crippen LogP contribution in [0.4, 0.5) is 0 Å². The Kier molecular flexibility index (Phi) is 5.02. The molecule has 4 nitrogen and oxygen atoms in total. The fraction of sp³-hybridized carbons (Fsp3) is 1.00. The Bertz CT molecular complexity index is 277. The van der Waals surface area contributed by atoms with E-state index in [1.165, 1.54) is 6.26 Å². The van der Waals surface area contributed by atoms with Gasteiger partial charge in [0.05, 0.1) is 6.26 Å². The number of hydrogen-bond acceptors (Lipinski definition) is 3. The fourth-order valence-corrected chi connectivity index (χ4v) is 3.24. The fourth-order valence-electron chi connectivity index (χ4n) is 2.06. The Labute approximate surface area is 93.1 Å². The lowest BCUT2D eigenvalue weighted by Gasteiger charge is -2.33. The lowest BCUT2D eigenvalue weighted by Crippen LogP contribution is -2.48. The molecule has 0 saturated carbocycles. The smallest absolute Gasteiger partial charge is 0.211 e. The van der Waals surface area contributed by atoms with E-state index in [-0.39, 0.29) is 6.04 Å². The molecule has 0 aliphatic carbocycles. The van der Waals surface area contributed by atoms with E-state index >= 15 is 0 Å². The molecule has 1 aliphatic rings. The number of sulfonamides is 1. The van der Waals surface area contributed by atoms with Crippen LogP contribution in [0.3, 0.4) is 0 Å². The van der Waals surface area contributed by atoms with Crippen molar-refractivity contribution in [3.8, 4) is 0 Å². The summed E-state index contributed by atoms with van der Waals surface area (Å²) in [6.45, 7) is 4.56. The third kappa shape index (κ3) is 4.09. The zero-order valence-electron chi connectivity index (χ0n) is 9.70. The van der Waals surface area contributed by atoms with Crippen LogP contribution in [0.15, 0.2) is 0 Å². The maximum Gasteiger partial charge on any atom is 0.211 e. The van der Waals surface area contributed by atoms with Crippen LogP contribution in [0.1, 0.15) is 32.6 Å². The highest BCUT2D eigenvalue weighted by molar-refractivity contribution is 7.88. The molecule has 0 aromatic rings. The largest absolute Gasteiger partial charge is 0.315 e. The monoisotopic (exact) mass is 234 g/mol. The zero-order chi connectivity index (χ0) is 11.3. The molecule has 90 valence electrons. The van der Waals surface area contributed by atoms with Crippen LogP contribution in [0.25, 0.3) is 0 Å². The second kappa shape index (κ2) is 5.82. The van der Waals surface area contributed by atoms with E-state index in [2.05, 4.69) is 12.2 Å². The van der Waals surface area contributed by atoms with Crippen molar-refractivity contribution < 1.29 is 8.42 Å². The molecule has 1 saturated heterocycles. The van der Waals surface area contributed by atoms with Gasteiger partial charge in [0.25, 0.3) is 0 Å². The van der Waals surface area contributed by atoms with Crippen LogP contribution >= 0.6 is 0 Å². The molecule has 0 bridgehead atoms. The van der Waals surface area contributed by atoms with E-state index in [0.29, 0.717) is 6.54 Å². The second-order valence-electron chi connectivity index (χ2n) is 4.23. The Hall–Kier alpha value is -0.130. The topological polar surface area (TPSA) is 49.4 Å². The predicted octanol–water partition coefficient (Wildman–Crippen LogP) is 0.800. The van der Waals surface area contributed by atoms with E-state index in [1.807, 2.05) is 0 Å². The number of piperidine rings is 1. The van der Waals surface area contributed by atoms with Gasteiger partial charge in [0.1, 0.15) is 0 Å². The molecule has 0 aromatic heterocycles. The minimum atomic E-state index is -3.02. The van der Waals surface area contributed by atoms with Crippen molar-refractivity contribution in [1.82, 2.24) is 9.62 Å². The van der Waals surface area contributed by atoms with E-state index in [4.69, 9.17) is 0 Å². The van der Waals surface area contributed by atoms with Gasteiger partial charge in [-0.2, -0.15) is 4.31 Å². The summed E-state index contributed by atoms with van der Waals surface area (Å²) in [5.41, 5.74) is 0. The van der Waals surface area contributed by atoms with Gasteiger partial charge in [-0.3, -0.25) is 0 Å². The van der Waals surface area contributed by atoms with Crippen molar-refractivity contribution in [3.05, 3.63) is 0 Å². The van der Waals surface area contributed by atoms with Crippen molar-refractivity contribution in [2.45, 2.75) is 38.6 Å². The summed E-state index contributed by atoms with van der Waals surface area (Å²) in [5.74, 6) is 0. The van der Waals surface area contributed by atoms with E-state index in [1.54, 1.807) is 4.31 Å². The van der Waals surface area contributed by atoms with Crippen LogP contribution in [-0.2, 0) is 10.0 Å². The molecular weight excluding hydrogens is 212 g/mol. The predicted molar refractivity (Wildman–Crippen MR) is 62.3 cm³/mol. The quantitative estimate of drug-likeness (QED) is 0.716. The van der Waals surface area contributed by atoms with Crippen LogP contribution in [0.5, 0.6) is 0 Å². The van der Waals surface area contributed by atoms with E-state index < -0.39 is 10.0 Å². The highest BCUT2D eigenvalue weighted by Gasteiger charge is 2.28. The van der Waals surface area contributed by atoms with Gasteiger partial charge in [-0.1, -0.05) is 13.3 Å². The van der Waals surface area contributed by atoms with Crippen LogP contribution in [-0.4, -0.2) is 44.7 Å². The minimum Gasteiger partial charge on any atom is -0.315 e. The first kappa shape index (κ1) is 12.9. The van der Waals surface area contributed by atoms with Gasteiger partial charge in [0, 0.05) is 19.1 Å². The van der Waals surface area contributed by atoms with Gasteiger partial charge in [0.15, 0.2) is 0 Å². The summed E-state index contributed by atoms with van der Waals surface area (Å²) in [4.78, 5) is 0. The molecular formula is C10H22N2O2S. The van der Waals surface area contributed by atoms with Crippen LogP contribution in [0.2, 0.25) is 0 Å². The molecule has 0 spiro atoms. The summed E-state index contributed by atoms with van der Waals surface area (Å²) in [6, 6.07) is 0.167. The summed E-state index contributed by atoms with van der Waals surface area (Å²) in [6.07, 6.45) is 5.53. The average molecular weight is 234 g/mol. The number of nitrogens with one attached hydrogen (secondary N) is 1. The minimum absolute atomic E-state index is 0.167. The second-order valence-corrected chi connectivity index (χ2v) is 6.16. The summed E-state index contributed by atoms with van der Waals surface area (Å²) in [7, 11) is -3.02. The number of nitrogens with zero attached hydrogens (tertiary/aromatic N) is 1. The molecule has 1 rings (SSSR count). The maximum absolute atomic E-state index is 11.5. The van der Waals surface area contributed by atoms with Crippen molar-refractivity contribution in [2.75, 3.05) is 25.9 Å². The summed E-state index contributed by atoms with van der Waals surface area (Å²) < 4.78 is 24.7. The molecule has 0 aromatic carbocycles. The molecule has 0 radical (unpaired) electrons. The third-order valence-electron chi connectivity index (χ3n) is 2.81. The number of hydrogen-bond donors (Lipinski definition) is 1. The molecule has 5 heteroatoms. The zero-order valence-corrected chi connectivity index (χ0v) is 10.5. The van der Waals surface area contributed by atoms with Crippen molar-refractivity contribution in [2.24, 2.45) is 0 Å². The van der Waals surface area contributed by atoms with Gasteiger partial charge < -0.3 is 5.32 Å². The molecule has 1 fully saturated rings. The van der Waals surface area contributed by atoms with Crippen LogP contribution < -0.4 is 5.32 Å². The first-order chi connectivity index (χ1) is 7.05. The molecule has 1 atom stereocenters. The van der Waals surface area contributed by atoms with E-state index in [0.717, 1.165) is 38.8 Å². The average Bonchev–Trinajstić information content (AvgIpc) is 2.17. The standard InChI is InChI=1S/C10H22N2O2S/c1-3-7-11-9-10-6-4-5-8-12(10)15(2,13)14/h10-11H,3-9H2,1-2H3. The Morgan fingerprint density at radius 3 is 2.73 bits per heavy atom. The molecule has 1 heterocycles. The summed E-state index contributed by atoms with van der Waals surface area (Å²) in [5, 5.41) is 3.30. The highest BCUT2D eigenvalue weighted by atomic mass is 32.2. The molecule has 1 unspecified atom stereocenters.